The van der Waals surface area contributed by atoms with Crippen LogP contribution in [0, 0.1) is 0 Å². The Kier molecular flexibility index (Phi) is 6.47. The molecule has 6 heteroatoms. The number of halogens is 1. The average Bonchev–Trinajstić information content (AvgIpc) is 2.73. The van der Waals surface area contributed by atoms with Crippen LogP contribution in [0.25, 0.3) is 0 Å². The minimum absolute atomic E-state index is 0.287. The number of thiazole rings is 1. The van der Waals surface area contributed by atoms with Crippen LogP contribution in [0.5, 0.6) is 0 Å². The molecule has 0 atom stereocenters. The van der Waals surface area contributed by atoms with Crippen molar-refractivity contribution in [3.8, 4) is 0 Å². The number of amides is 1. The number of nitrogens with zero attached hydrogens (tertiary/aromatic N) is 2. The summed E-state index contributed by atoms with van der Waals surface area (Å²) in [6.45, 7) is 3.95. The Morgan fingerprint density at radius 2 is 2.41 bits per heavy atom. The Labute approximate surface area is 111 Å². The standard InChI is InChI=1S/C11H18ClN3OS/c1-2-3-4-15(6-10(13)16)7-11-14-9(5-12)8-17-11/h8H,2-7H2,1H3,(H2,13,16). The Hall–Kier alpha value is -0.650. The highest BCUT2D eigenvalue weighted by molar-refractivity contribution is 7.09. The van der Waals surface area contributed by atoms with Gasteiger partial charge in [0.15, 0.2) is 0 Å². The smallest absolute Gasteiger partial charge is 0.231 e. The van der Waals surface area contributed by atoms with Crippen LogP contribution in [0.4, 0.5) is 0 Å². The first-order valence-electron chi connectivity index (χ1n) is 5.65. The minimum Gasteiger partial charge on any atom is -0.369 e. The number of alkyl halides is 1. The number of carbonyl (C=O) groups is 1. The van der Waals surface area contributed by atoms with Gasteiger partial charge in [0.2, 0.25) is 5.91 Å². The van der Waals surface area contributed by atoms with E-state index in [0.29, 0.717) is 12.4 Å². The SMILES string of the molecule is CCCCN(CC(N)=O)Cc1nc(CCl)cs1. The van der Waals surface area contributed by atoms with Crippen molar-refractivity contribution in [1.29, 1.82) is 0 Å². The molecule has 0 radical (unpaired) electrons. The van der Waals surface area contributed by atoms with Gasteiger partial charge >= 0.3 is 0 Å². The summed E-state index contributed by atoms with van der Waals surface area (Å²) in [6.07, 6.45) is 2.15. The highest BCUT2D eigenvalue weighted by atomic mass is 35.5. The van der Waals surface area contributed by atoms with Crippen LogP contribution in [0.2, 0.25) is 0 Å². The van der Waals surface area contributed by atoms with Gasteiger partial charge in [-0.3, -0.25) is 9.69 Å². The average molecular weight is 276 g/mol. The molecule has 1 aromatic heterocycles. The molecule has 1 aromatic rings. The second-order valence-electron chi connectivity index (χ2n) is 3.90. The summed E-state index contributed by atoms with van der Waals surface area (Å²) in [5.74, 6) is 0.136. The molecular formula is C11H18ClN3OS. The second kappa shape index (κ2) is 7.63. The summed E-state index contributed by atoms with van der Waals surface area (Å²) in [6, 6.07) is 0. The van der Waals surface area contributed by atoms with E-state index in [4.69, 9.17) is 17.3 Å². The number of aromatic nitrogens is 1. The summed E-state index contributed by atoms with van der Waals surface area (Å²) in [5, 5.41) is 2.93. The Bertz CT molecular complexity index is 356. The fourth-order valence-electron chi connectivity index (χ4n) is 1.49. The first kappa shape index (κ1) is 14.4. The molecule has 1 rings (SSSR count). The van der Waals surface area contributed by atoms with Crippen molar-refractivity contribution in [3.05, 3.63) is 16.1 Å². The van der Waals surface area contributed by atoms with Crippen molar-refractivity contribution in [2.45, 2.75) is 32.2 Å². The van der Waals surface area contributed by atoms with Crippen LogP contribution in [-0.4, -0.2) is 28.9 Å². The van der Waals surface area contributed by atoms with Crippen LogP contribution in [0.3, 0.4) is 0 Å². The van der Waals surface area contributed by atoms with Crippen LogP contribution in [0.15, 0.2) is 5.38 Å². The lowest BCUT2D eigenvalue weighted by Gasteiger charge is -2.18. The summed E-state index contributed by atoms with van der Waals surface area (Å²) < 4.78 is 0. The summed E-state index contributed by atoms with van der Waals surface area (Å²) >= 11 is 7.27. The number of nitrogens with two attached hydrogens (primary N) is 1. The molecule has 0 aliphatic carbocycles. The molecule has 0 saturated heterocycles. The monoisotopic (exact) mass is 275 g/mol. The second-order valence-corrected chi connectivity index (χ2v) is 5.11. The molecule has 17 heavy (non-hydrogen) atoms. The lowest BCUT2D eigenvalue weighted by atomic mass is 10.3. The number of hydrogen-bond donors (Lipinski definition) is 1. The topological polar surface area (TPSA) is 59.2 Å². The minimum atomic E-state index is -0.296. The predicted octanol–water partition coefficient (Wildman–Crippen LogP) is 1.97. The summed E-state index contributed by atoms with van der Waals surface area (Å²) in [5.41, 5.74) is 6.12. The van der Waals surface area contributed by atoms with Crippen molar-refractivity contribution >= 4 is 28.8 Å². The molecule has 0 unspecified atom stereocenters. The van der Waals surface area contributed by atoms with E-state index in [9.17, 15) is 4.79 Å². The Morgan fingerprint density at radius 3 is 2.94 bits per heavy atom. The molecule has 0 aliphatic rings. The molecule has 0 aliphatic heterocycles. The Balaban J connectivity index is 2.54. The number of hydrogen-bond acceptors (Lipinski definition) is 4. The highest BCUT2D eigenvalue weighted by Crippen LogP contribution is 2.14. The van der Waals surface area contributed by atoms with Gasteiger partial charge in [-0.2, -0.15) is 0 Å². The van der Waals surface area contributed by atoms with Gasteiger partial charge < -0.3 is 5.73 Å². The molecular weight excluding hydrogens is 258 g/mol. The number of carbonyl (C=O) groups excluding carboxylic acids is 1. The lowest BCUT2D eigenvalue weighted by molar-refractivity contribution is -0.119. The van der Waals surface area contributed by atoms with Crippen LogP contribution >= 0.6 is 22.9 Å². The molecule has 1 heterocycles. The Morgan fingerprint density at radius 1 is 1.65 bits per heavy atom. The predicted molar refractivity (Wildman–Crippen MR) is 71.1 cm³/mol. The molecule has 0 fully saturated rings. The van der Waals surface area contributed by atoms with Crippen molar-refractivity contribution in [3.63, 3.8) is 0 Å². The van der Waals surface area contributed by atoms with E-state index in [1.54, 1.807) is 11.3 Å². The van der Waals surface area contributed by atoms with Crippen molar-refractivity contribution in [1.82, 2.24) is 9.88 Å². The summed E-state index contributed by atoms with van der Waals surface area (Å²) in [7, 11) is 0. The quantitative estimate of drug-likeness (QED) is 0.738. The third kappa shape index (κ3) is 5.48. The molecule has 0 bridgehead atoms. The van der Waals surface area contributed by atoms with E-state index in [0.717, 1.165) is 30.1 Å². The van der Waals surface area contributed by atoms with Crippen LogP contribution in [-0.2, 0) is 17.2 Å². The van der Waals surface area contributed by atoms with Crippen molar-refractivity contribution in [2.75, 3.05) is 13.1 Å². The largest absolute Gasteiger partial charge is 0.369 e. The van der Waals surface area contributed by atoms with Gasteiger partial charge in [0.25, 0.3) is 0 Å². The third-order valence-corrected chi connectivity index (χ3v) is 3.46. The van der Waals surface area contributed by atoms with Gasteiger partial charge in [0.05, 0.1) is 24.7 Å². The van der Waals surface area contributed by atoms with E-state index in [1.165, 1.54) is 0 Å². The first-order valence-corrected chi connectivity index (χ1v) is 7.07. The highest BCUT2D eigenvalue weighted by Gasteiger charge is 2.11. The van der Waals surface area contributed by atoms with Crippen LogP contribution in [0.1, 0.15) is 30.5 Å². The molecule has 0 saturated carbocycles. The maximum atomic E-state index is 11.0. The lowest BCUT2D eigenvalue weighted by Crippen LogP contribution is -2.34. The zero-order chi connectivity index (χ0) is 12.7. The zero-order valence-electron chi connectivity index (χ0n) is 9.99. The van der Waals surface area contributed by atoms with Crippen molar-refractivity contribution < 1.29 is 4.79 Å². The van der Waals surface area contributed by atoms with E-state index < -0.39 is 0 Å². The maximum Gasteiger partial charge on any atom is 0.231 e. The number of unbranched alkanes of at least 4 members (excludes halogenated alkanes) is 1. The molecule has 2 N–H and O–H groups in total. The molecule has 96 valence electrons. The van der Waals surface area contributed by atoms with E-state index >= 15 is 0 Å². The van der Waals surface area contributed by atoms with Gasteiger partial charge in [0.1, 0.15) is 5.01 Å². The number of primary amides is 1. The molecule has 4 nitrogen and oxygen atoms in total. The van der Waals surface area contributed by atoms with Gasteiger partial charge in [-0.15, -0.1) is 22.9 Å². The fraction of sp³-hybridized carbons (Fsp3) is 0.636. The zero-order valence-corrected chi connectivity index (χ0v) is 11.6. The van der Waals surface area contributed by atoms with Gasteiger partial charge in [-0.25, -0.2) is 4.98 Å². The van der Waals surface area contributed by atoms with Crippen molar-refractivity contribution in [2.24, 2.45) is 5.73 Å². The van der Waals surface area contributed by atoms with Crippen LogP contribution < -0.4 is 5.73 Å². The molecule has 0 aromatic carbocycles. The third-order valence-electron chi connectivity index (χ3n) is 2.30. The molecule has 0 spiro atoms. The van der Waals surface area contributed by atoms with E-state index in [-0.39, 0.29) is 12.5 Å². The molecule has 1 amide bonds. The van der Waals surface area contributed by atoms with E-state index in [2.05, 4.69) is 11.9 Å². The van der Waals surface area contributed by atoms with Gasteiger partial charge in [-0.05, 0) is 13.0 Å². The number of rotatable bonds is 8. The first-order chi connectivity index (χ1) is 8.15. The summed E-state index contributed by atoms with van der Waals surface area (Å²) in [4.78, 5) is 17.4. The van der Waals surface area contributed by atoms with E-state index in [1.807, 2.05) is 10.3 Å². The maximum absolute atomic E-state index is 11.0. The normalized spacial score (nSPS) is 11.0. The van der Waals surface area contributed by atoms with Gasteiger partial charge in [-0.1, -0.05) is 13.3 Å². The fourth-order valence-corrected chi connectivity index (χ4v) is 2.55. The van der Waals surface area contributed by atoms with Gasteiger partial charge in [0, 0.05) is 5.38 Å².